The third-order valence-electron chi connectivity index (χ3n) is 6.85. The molecule has 2 aliphatic heterocycles. The number of ether oxygens (including phenoxy) is 2. The van der Waals surface area contributed by atoms with Gasteiger partial charge in [0.15, 0.2) is 0 Å². The van der Waals surface area contributed by atoms with Crippen molar-refractivity contribution in [1.29, 1.82) is 0 Å². The van der Waals surface area contributed by atoms with Crippen molar-refractivity contribution in [1.82, 2.24) is 4.90 Å². The highest BCUT2D eigenvalue weighted by Gasteiger charge is 2.31. The number of hydrogen-bond acceptors (Lipinski definition) is 6. The topological polar surface area (TPSA) is 62.3 Å². The zero-order chi connectivity index (χ0) is 24.4. The quantitative estimate of drug-likeness (QED) is 0.482. The second-order valence-electron chi connectivity index (χ2n) is 8.99. The largest absolute Gasteiger partial charge is 0.497 e. The van der Waals surface area contributed by atoms with Gasteiger partial charge in [-0.05, 0) is 49.2 Å². The molecule has 0 atom stereocenters. The van der Waals surface area contributed by atoms with Crippen LogP contribution in [0.25, 0.3) is 10.8 Å². The van der Waals surface area contributed by atoms with E-state index in [1.54, 1.807) is 7.11 Å². The molecule has 0 bridgehead atoms. The summed E-state index contributed by atoms with van der Waals surface area (Å²) in [5, 5.41) is 2.13. The number of rotatable bonds is 7. The van der Waals surface area contributed by atoms with Crippen LogP contribution in [0.1, 0.15) is 29.3 Å². The van der Waals surface area contributed by atoms with Gasteiger partial charge in [-0.25, -0.2) is 0 Å². The van der Waals surface area contributed by atoms with Gasteiger partial charge in [-0.1, -0.05) is 24.3 Å². The Bertz CT molecular complexity index is 1240. The molecule has 0 N–H and O–H groups in total. The van der Waals surface area contributed by atoms with Gasteiger partial charge in [-0.15, -0.1) is 0 Å². The van der Waals surface area contributed by atoms with Crippen LogP contribution >= 0.6 is 0 Å². The van der Waals surface area contributed by atoms with E-state index >= 15 is 0 Å². The first kappa shape index (κ1) is 23.2. The van der Waals surface area contributed by atoms with Crippen molar-refractivity contribution in [2.24, 2.45) is 0 Å². The van der Waals surface area contributed by atoms with Crippen LogP contribution in [0.15, 0.2) is 54.6 Å². The molecule has 1 fully saturated rings. The molecule has 2 heterocycles. The summed E-state index contributed by atoms with van der Waals surface area (Å²) in [6, 6.07) is 18.1. The summed E-state index contributed by atoms with van der Waals surface area (Å²) in [7, 11) is 1.65. The van der Waals surface area contributed by atoms with Crippen LogP contribution in [0.4, 0.5) is 11.4 Å². The van der Waals surface area contributed by atoms with Gasteiger partial charge >= 0.3 is 5.97 Å². The van der Waals surface area contributed by atoms with Crippen molar-refractivity contribution in [3.63, 3.8) is 0 Å². The third-order valence-corrected chi connectivity index (χ3v) is 6.85. The average Bonchev–Trinajstić information content (AvgIpc) is 3.01. The molecule has 5 rings (SSSR count). The first-order valence-corrected chi connectivity index (χ1v) is 12.2. The minimum atomic E-state index is -0.165. The zero-order valence-electron chi connectivity index (χ0n) is 20.3. The molecule has 7 heteroatoms. The van der Waals surface area contributed by atoms with Crippen LogP contribution in [0, 0.1) is 0 Å². The van der Waals surface area contributed by atoms with Crippen LogP contribution in [-0.2, 0) is 16.1 Å². The van der Waals surface area contributed by atoms with Gasteiger partial charge in [0.2, 0.25) is 0 Å². The Morgan fingerprint density at radius 1 is 0.943 bits per heavy atom. The van der Waals surface area contributed by atoms with E-state index in [2.05, 4.69) is 28.0 Å². The molecule has 0 spiro atoms. The van der Waals surface area contributed by atoms with E-state index in [-0.39, 0.29) is 11.9 Å². The van der Waals surface area contributed by atoms with Crippen molar-refractivity contribution in [2.75, 3.05) is 56.2 Å². The zero-order valence-corrected chi connectivity index (χ0v) is 20.3. The second kappa shape index (κ2) is 9.96. The first-order chi connectivity index (χ1) is 17.1. The molecular weight excluding hydrogens is 442 g/mol. The molecule has 0 unspecified atom stereocenters. The van der Waals surface area contributed by atoms with Crippen LogP contribution in [0.3, 0.4) is 0 Å². The molecule has 35 heavy (non-hydrogen) atoms. The Morgan fingerprint density at radius 2 is 1.74 bits per heavy atom. The molecule has 182 valence electrons. The summed E-state index contributed by atoms with van der Waals surface area (Å²) in [4.78, 5) is 31.7. The number of benzene rings is 3. The van der Waals surface area contributed by atoms with Crippen molar-refractivity contribution >= 4 is 34.0 Å². The van der Waals surface area contributed by atoms with Gasteiger partial charge in [0.05, 0.1) is 32.5 Å². The van der Waals surface area contributed by atoms with Gasteiger partial charge in [-0.3, -0.25) is 14.5 Å². The van der Waals surface area contributed by atoms with E-state index in [9.17, 15) is 9.59 Å². The van der Waals surface area contributed by atoms with Gasteiger partial charge in [0.25, 0.3) is 5.91 Å². The van der Waals surface area contributed by atoms with E-state index in [1.807, 2.05) is 48.2 Å². The maximum absolute atomic E-state index is 13.4. The van der Waals surface area contributed by atoms with Gasteiger partial charge in [-0.2, -0.15) is 0 Å². The van der Waals surface area contributed by atoms with E-state index < -0.39 is 0 Å². The fourth-order valence-electron chi connectivity index (χ4n) is 5.14. The number of nitrogens with zero attached hydrogens (tertiary/aromatic N) is 3. The average molecular weight is 474 g/mol. The number of hydrogen-bond donors (Lipinski definition) is 0. The highest BCUT2D eigenvalue weighted by molar-refractivity contribution is 6.26. The van der Waals surface area contributed by atoms with Crippen molar-refractivity contribution < 1.29 is 19.1 Å². The molecule has 7 nitrogen and oxygen atoms in total. The molecule has 3 aromatic rings. The molecule has 3 aromatic carbocycles. The lowest BCUT2D eigenvalue weighted by atomic mass is 10.0. The lowest BCUT2D eigenvalue weighted by Crippen LogP contribution is -2.35. The highest BCUT2D eigenvalue weighted by atomic mass is 16.5. The fourth-order valence-corrected chi connectivity index (χ4v) is 5.14. The maximum atomic E-state index is 13.4. The summed E-state index contributed by atoms with van der Waals surface area (Å²) in [5.74, 6) is 0.673. The van der Waals surface area contributed by atoms with E-state index in [0.29, 0.717) is 19.7 Å². The summed E-state index contributed by atoms with van der Waals surface area (Å²) in [5.41, 5.74) is 3.91. The summed E-state index contributed by atoms with van der Waals surface area (Å²) in [6.07, 6.45) is 0.963. The van der Waals surface area contributed by atoms with E-state index in [0.717, 1.165) is 71.6 Å². The molecule has 0 aliphatic carbocycles. The Morgan fingerprint density at radius 3 is 2.51 bits per heavy atom. The number of amides is 1. The Labute approximate surface area is 205 Å². The van der Waals surface area contributed by atoms with Crippen molar-refractivity contribution in [3.8, 4) is 5.75 Å². The third kappa shape index (κ3) is 4.56. The van der Waals surface area contributed by atoms with Crippen molar-refractivity contribution in [3.05, 3.63) is 65.7 Å². The van der Waals surface area contributed by atoms with Gasteiger partial charge in [0, 0.05) is 48.2 Å². The first-order valence-electron chi connectivity index (χ1n) is 12.2. The smallest absolute Gasteiger partial charge is 0.320 e. The van der Waals surface area contributed by atoms with Gasteiger partial charge in [0.1, 0.15) is 5.75 Å². The van der Waals surface area contributed by atoms with Crippen molar-refractivity contribution in [2.45, 2.75) is 19.9 Å². The van der Waals surface area contributed by atoms with Gasteiger partial charge < -0.3 is 19.3 Å². The Kier molecular flexibility index (Phi) is 6.59. The van der Waals surface area contributed by atoms with Crippen LogP contribution in [0.5, 0.6) is 5.75 Å². The SMILES string of the molecule is CCOC(=O)CN1CCCN(c2ccc3c4c(cccc24)C(=O)N3Cc2ccc(OC)cc2)CC1. The second-order valence-corrected chi connectivity index (χ2v) is 8.99. The molecule has 2 aliphatic rings. The normalized spacial score (nSPS) is 16.0. The van der Waals surface area contributed by atoms with Crippen LogP contribution in [0.2, 0.25) is 0 Å². The number of carbonyl (C=O) groups excluding carboxylic acids is 2. The summed E-state index contributed by atoms with van der Waals surface area (Å²) in [6.45, 7) is 6.48. The molecular formula is C28H31N3O4. The lowest BCUT2D eigenvalue weighted by molar-refractivity contribution is -0.144. The highest BCUT2D eigenvalue weighted by Crippen LogP contribution is 2.42. The molecule has 1 saturated heterocycles. The van der Waals surface area contributed by atoms with Crippen LogP contribution in [-0.4, -0.2) is 63.2 Å². The monoisotopic (exact) mass is 473 g/mol. The maximum Gasteiger partial charge on any atom is 0.320 e. The molecule has 0 saturated carbocycles. The molecule has 1 amide bonds. The predicted octanol–water partition coefficient (Wildman–Crippen LogP) is 4.08. The molecule has 0 radical (unpaired) electrons. The minimum absolute atomic E-state index is 0.0371. The Balaban J connectivity index is 1.40. The number of methoxy groups -OCH3 is 1. The summed E-state index contributed by atoms with van der Waals surface area (Å²) >= 11 is 0. The Hall–Kier alpha value is -3.58. The van der Waals surface area contributed by atoms with E-state index in [4.69, 9.17) is 9.47 Å². The number of anilines is 2. The molecule has 0 aromatic heterocycles. The van der Waals surface area contributed by atoms with Crippen LogP contribution < -0.4 is 14.5 Å². The fraction of sp³-hybridized carbons (Fsp3) is 0.357. The standard InChI is InChI=1S/C28H31N3O4/c1-3-35-26(32)19-29-14-5-15-30(17-16-29)24-12-13-25-27-22(24)6-4-7-23(27)28(33)31(25)18-20-8-10-21(34-2)11-9-20/h4,6-13H,3,5,14-19H2,1-2H3. The predicted molar refractivity (Wildman–Crippen MR) is 137 cm³/mol. The minimum Gasteiger partial charge on any atom is -0.497 e. The lowest BCUT2D eigenvalue weighted by Gasteiger charge is -2.26. The number of esters is 1. The summed E-state index contributed by atoms with van der Waals surface area (Å²) < 4.78 is 10.4. The number of carbonyl (C=O) groups is 2. The van der Waals surface area contributed by atoms with E-state index in [1.165, 1.54) is 0 Å².